The quantitative estimate of drug-likeness (QED) is 0.905. The molecule has 0 spiro atoms. The zero-order valence-corrected chi connectivity index (χ0v) is 14.3. The molecule has 23 heavy (non-hydrogen) atoms. The van der Waals surface area contributed by atoms with Crippen LogP contribution in [-0.2, 0) is 11.3 Å². The number of carbonyl (C=O) groups is 1. The van der Waals surface area contributed by atoms with E-state index < -0.39 is 0 Å². The fraction of sp³-hybridized carbons (Fsp3) is 0.778. The van der Waals surface area contributed by atoms with Crippen molar-refractivity contribution >= 4 is 5.91 Å². The molecule has 0 aromatic carbocycles. The Kier molecular flexibility index (Phi) is 5.70. The van der Waals surface area contributed by atoms with E-state index in [0.29, 0.717) is 23.7 Å². The molecule has 1 aromatic heterocycles. The van der Waals surface area contributed by atoms with Gasteiger partial charge >= 0.3 is 0 Å². The van der Waals surface area contributed by atoms with Crippen LogP contribution in [0.15, 0.2) is 18.5 Å². The summed E-state index contributed by atoms with van der Waals surface area (Å²) in [5.41, 5.74) is 0. The number of rotatable bonds is 5. The molecule has 2 atom stereocenters. The fourth-order valence-corrected chi connectivity index (χ4v) is 3.97. The lowest BCUT2D eigenvalue weighted by molar-refractivity contribution is -0.134. The molecule has 2 aliphatic heterocycles. The molecule has 5 heteroatoms. The third-order valence-electron chi connectivity index (χ3n) is 5.61. The Morgan fingerprint density at radius 2 is 2.17 bits per heavy atom. The van der Waals surface area contributed by atoms with Gasteiger partial charge in [0.15, 0.2) is 0 Å². The standard InChI is InChI=1S/C18H30N4O/c1-15(17-4-2-7-19-13-17)12-18(23)21-10-5-16(6-11-21)14-22-9-3-8-20-22/h3,8-9,15-17,19H,2,4-7,10-14H2,1H3. The minimum Gasteiger partial charge on any atom is -0.343 e. The summed E-state index contributed by atoms with van der Waals surface area (Å²) in [4.78, 5) is 14.7. The molecular formula is C18H30N4O. The molecule has 3 rings (SSSR count). The molecule has 2 aliphatic rings. The van der Waals surface area contributed by atoms with Crippen LogP contribution < -0.4 is 5.32 Å². The Labute approximate surface area is 139 Å². The highest BCUT2D eigenvalue weighted by Gasteiger charge is 2.27. The van der Waals surface area contributed by atoms with E-state index in [9.17, 15) is 4.79 Å². The van der Waals surface area contributed by atoms with E-state index in [-0.39, 0.29) is 0 Å². The number of nitrogens with one attached hydrogen (secondary N) is 1. The Bertz CT molecular complexity index is 473. The Hall–Kier alpha value is -1.36. The van der Waals surface area contributed by atoms with Gasteiger partial charge in [0.2, 0.25) is 5.91 Å². The summed E-state index contributed by atoms with van der Waals surface area (Å²) in [5.74, 6) is 2.18. The van der Waals surface area contributed by atoms with Gasteiger partial charge in [-0.05, 0) is 62.6 Å². The maximum absolute atomic E-state index is 12.6. The van der Waals surface area contributed by atoms with Crippen LogP contribution in [0.5, 0.6) is 0 Å². The molecule has 1 N–H and O–H groups in total. The van der Waals surface area contributed by atoms with Gasteiger partial charge in [0.25, 0.3) is 0 Å². The largest absolute Gasteiger partial charge is 0.343 e. The van der Waals surface area contributed by atoms with Crippen LogP contribution in [0.2, 0.25) is 0 Å². The van der Waals surface area contributed by atoms with E-state index in [1.54, 1.807) is 0 Å². The minimum atomic E-state index is 0.362. The van der Waals surface area contributed by atoms with Gasteiger partial charge in [0, 0.05) is 38.4 Å². The summed E-state index contributed by atoms with van der Waals surface area (Å²) in [5, 5.41) is 7.75. The molecule has 0 bridgehead atoms. The zero-order valence-electron chi connectivity index (χ0n) is 14.3. The van der Waals surface area contributed by atoms with Gasteiger partial charge in [0.05, 0.1) is 0 Å². The van der Waals surface area contributed by atoms with Crippen LogP contribution in [0.1, 0.15) is 39.0 Å². The summed E-state index contributed by atoms with van der Waals surface area (Å²) in [7, 11) is 0. The molecule has 0 aliphatic carbocycles. The molecule has 3 heterocycles. The van der Waals surface area contributed by atoms with Crippen molar-refractivity contribution in [2.24, 2.45) is 17.8 Å². The first-order valence-electron chi connectivity index (χ1n) is 9.18. The van der Waals surface area contributed by atoms with Gasteiger partial charge in [-0.1, -0.05) is 6.92 Å². The highest BCUT2D eigenvalue weighted by molar-refractivity contribution is 5.76. The lowest BCUT2D eigenvalue weighted by atomic mass is 9.85. The highest BCUT2D eigenvalue weighted by atomic mass is 16.2. The van der Waals surface area contributed by atoms with Gasteiger partial charge in [0.1, 0.15) is 0 Å². The van der Waals surface area contributed by atoms with E-state index in [1.165, 1.54) is 12.8 Å². The van der Waals surface area contributed by atoms with E-state index >= 15 is 0 Å². The second-order valence-corrected chi connectivity index (χ2v) is 7.34. The maximum atomic E-state index is 12.6. The summed E-state index contributed by atoms with van der Waals surface area (Å²) in [6.45, 7) is 7.29. The molecule has 2 saturated heterocycles. The van der Waals surface area contributed by atoms with Crippen LogP contribution in [0, 0.1) is 17.8 Å². The van der Waals surface area contributed by atoms with Crippen LogP contribution in [0.25, 0.3) is 0 Å². The van der Waals surface area contributed by atoms with Crippen molar-refractivity contribution in [2.45, 2.75) is 45.6 Å². The van der Waals surface area contributed by atoms with Crippen LogP contribution in [-0.4, -0.2) is 46.8 Å². The lowest BCUT2D eigenvalue weighted by Gasteiger charge is -2.34. The predicted octanol–water partition coefficient (Wildman–Crippen LogP) is 2.15. The number of hydrogen-bond acceptors (Lipinski definition) is 3. The number of aromatic nitrogens is 2. The van der Waals surface area contributed by atoms with Crippen molar-refractivity contribution in [3.63, 3.8) is 0 Å². The smallest absolute Gasteiger partial charge is 0.222 e. The molecule has 2 unspecified atom stereocenters. The molecule has 1 aromatic rings. The SMILES string of the molecule is CC(CC(=O)N1CCC(Cn2cccn2)CC1)C1CCCNC1. The second-order valence-electron chi connectivity index (χ2n) is 7.34. The molecule has 0 saturated carbocycles. The first-order valence-corrected chi connectivity index (χ1v) is 9.18. The molecular weight excluding hydrogens is 288 g/mol. The highest BCUT2D eigenvalue weighted by Crippen LogP contribution is 2.25. The topological polar surface area (TPSA) is 50.2 Å². The zero-order chi connectivity index (χ0) is 16.1. The lowest BCUT2D eigenvalue weighted by Crippen LogP contribution is -2.41. The Morgan fingerprint density at radius 1 is 1.35 bits per heavy atom. The van der Waals surface area contributed by atoms with Gasteiger partial charge < -0.3 is 10.2 Å². The van der Waals surface area contributed by atoms with Gasteiger partial charge in [-0.15, -0.1) is 0 Å². The van der Waals surface area contributed by atoms with E-state index in [0.717, 1.165) is 52.0 Å². The fourth-order valence-electron chi connectivity index (χ4n) is 3.97. The third kappa shape index (κ3) is 4.56. The van der Waals surface area contributed by atoms with Crippen molar-refractivity contribution in [1.82, 2.24) is 20.0 Å². The van der Waals surface area contributed by atoms with E-state index in [1.807, 2.05) is 23.1 Å². The van der Waals surface area contributed by atoms with Crippen molar-refractivity contribution < 1.29 is 4.79 Å². The monoisotopic (exact) mass is 318 g/mol. The van der Waals surface area contributed by atoms with Gasteiger partial charge in [-0.25, -0.2) is 0 Å². The normalized spacial score (nSPS) is 24.6. The number of nitrogens with zero attached hydrogens (tertiary/aromatic N) is 3. The average molecular weight is 318 g/mol. The van der Waals surface area contributed by atoms with E-state index in [4.69, 9.17) is 0 Å². The maximum Gasteiger partial charge on any atom is 0.222 e. The van der Waals surface area contributed by atoms with Crippen LogP contribution >= 0.6 is 0 Å². The first kappa shape index (κ1) is 16.5. The summed E-state index contributed by atoms with van der Waals surface area (Å²) < 4.78 is 2.01. The first-order chi connectivity index (χ1) is 11.2. The number of hydrogen-bond donors (Lipinski definition) is 1. The number of amides is 1. The molecule has 5 nitrogen and oxygen atoms in total. The minimum absolute atomic E-state index is 0.362. The van der Waals surface area contributed by atoms with Gasteiger partial charge in [-0.2, -0.15) is 5.10 Å². The third-order valence-corrected chi connectivity index (χ3v) is 5.61. The predicted molar refractivity (Wildman–Crippen MR) is 90.9 cm³/mol. The van der Waals surface area contributed by atoms with Gasteiger partial charge in [-0.3, -0.25) is 9.48 Å². The Balaban J connectivity index is 1.40. The molecule has 1 amide bonds. The Morgan fingerprint density at radius 3 is 2.83 bits per heavy atom. The molecule has 128 valence electrons. The van der Waals surface area contributed by atoms with Crippen molar-refractivity contribution in [2.75, 3.05) is 26.2 Å². The number of likely N-dealkylation sites (tertiary alicyclic amines) is 1. The van der Waals surface area contributed by atoms with Crippen molar-refractivity contribution in [1.29, 1.82) is 0 Å². The second kappa shape index (κ2) is 7.95. The number of piperidine rings is 2. The summed E-state index contributed by atoms with van der Waals surface area (Å²) in [6.07, 6.45) is 9.30. The average Bonchev–Trinajstić information content (AvgIpc) is 3.09. The number of carbonyl (C=O) groups excluding carboxylic acids is 1. The van der Waals surface area contributed by atoms with Crippen molar-refractivity contribution in [3.8, 4) is 0 Å². The summed E-state index contributed by atoms with van der Waals surface area (Å²) >= 11 is 0. The molecule has 2 fully saturated rings. The molecule has 0 radical (unpaired) electrons. The van der Waals surface area contributed by atoms with Crippen LogP contribution in [0.4, 0.5) is 0 Å². The van der Waals surface area contributed by atoms with Crippen molar-refractivity contribution in [3.05, 3.63) is 18.5 Å². The summed E-state index contributed by atoms with van der Waals surface area (Å²) in [6, 6.07) is 1.97. The van der Waals surface area contributed by atoms with Crippen LogP contribution in [0.3, 0.4) is 0 Å². The van der Waals surface area contributed by atoms with E-state index in [2.05, 4.69) is 22.2 Å².